The van der Waals surface area contributed by atoms with E-state index in [1.165, 1.54) is 11.8 Å². The summed E-state index contributed by atoms with van der Waals surface area (Å²) in [5.74, 6) is -0.274. The number of benzene rings is 2. The Kier molecular flexibility index (Phi) is 4.90. The molecule has 3 heterocycles. The highest BCUT2D eigenvalue weighted by atomic mass is 19.1. The van der Waals surface area contributed by atoms with Crippen molar-refractivity contribution < 1.29 is 9.18 Å². The molecule has 2 N–H and O–H groups in total. The molecule has 1 aromatic heterocycles. The van der Waals surface area contributed by atoms with E-state index >= 15 is 0 Å². The number of nitrogens with one attached hydrogen (secondary N) is 2. The van der Waals surface area contributed by atoms with Crippen LogP contribution in [0, 0.1) is 12.7 Å². The van der Waals surface area contributed by atoms with Crippen molar-refractivity contribution >= 4 is 28.5 Å². The fraction of sp³-hybridized carbons (Fsp3) is 0.200. The quantitative estimate of drug-likeness (QED) is 0.595. The Labute approximate surface area is 180 Å². The van der Waals surface area contributed by atoms with E-state index in [1.54, 1.807) is 18.3 Å². The zero-order valence-corrected chi connectivity index (χ0v) is 17.2. The van der Waals surface area contributed by atoms with Crippen LogP contribution in [-0.2, 0) is 4.79 Å². The third kappa shape index (κ3) is 3.65. The summed E-state index contributed by atoms with van der Waals surface area (Å²) < 4.78 is 14.2. The first-order valence-electron chi connectivity index (χ1n) is 10.4. The molecule has 1 fully saturated rings. The van der Waals surface area contributed by atoms with E-state index < -0.39 is 5.82 Å². The van der Waals surface area contributed by atoms with Gasteiger partial charge in [0, 0.05) is 54.0 Å². The fourth-order valence-corrected chi connectivity index (χ4v) is 4.44. The van der Waals surface area contributed by atoms with Crippen molar-refractivity contribution in [1.82, 2.24) is 4.98 Å². The highest BCUT2D eigenvalue weighted by Gasteiger charge is 2.28. The van der Waals surface area contributed by atoms with Crippen molar-refractivity contribution in [2.24, 2.45) is 0 Å². The highest BCUT2D eigenvalue weighted by Crippen LogP contribution is 2.35. The maximum Gasteiger partial charge on any atom is 0.257 e. The standard InChI is InChI=1S/C25H23FN4O/c1-16-13-18(28-14-19-24-20(26)5-4-7-22(24)29-25(19)31)8-9-23(16)30-12-10-17(15-30)21-6-2-3-11-27-21/h2-9,11,13-14,17,28H,10,12,15H2,1H3,(H,29,31). The van der Waals surface area contributed by atoms with Gasteiger partial charge in [0.2, 0.25) is 0 Å². The number of fused-ring (bicyclic) bond motifs is 1. The van der Waals surface area contributed by atoms with Gasteiger partial charge in [0.1, 0.15) is 5.82 Å². The zero-order chi connectivity index (χ0) is 21.4. The van der Waals surface area contributed by atoms with E-state index in [0.29, 0.717) is 22.7 Å². The summed E-state index contributed by atoms with van der Waals surface area (Å²) in [7, 11) is 0. The van der Waals surface area contributed by atoms with Crippen LogP contribution in [0.15, 0.2) is 67.0 Å². The van der Waals surface area contributed by atoms with Crippen molar-refractivity contribution in [3.8, 4) is 0 Å². The fourth-order valence-electron chi connectivity index (χ4n) is 4.44. The van der Waals surface area contributed by atoms with Crippen LogP contribution in [0.5, 0.6) is 0 Å². The van der Waals surface area contributed by atoms with Crippen molar-refractivity contribution in [3.05, 3.63) is 89.6 Å². The molecule has 2 aliphatic rings. The summed E-state index contributed by atoms with van der Waals surface area (Å²) in [6, 6.07) is 16.9. The number of amides is 1. The molecule has 2 aliphatic heterocycles. The molecule has 3 aromatic rings. The molecule has 5 nitrogen and oxygen atoms in total. The normalized spacial score (nSPS) is 18.9. The number of pyridine rings is 1. The molecule has 156 valence electrons. The number of aryl methyl sites for hydroxylation is 1. The average molecular weight is 414 g/mol. The molecular formula is C25H23FN4O. The van der Waals surface area contributed by atoms with E-state index in [0.717, 1.165) is 36.5 Å². The number of carbonyl (C=O) groups excluding carboxylic acids is 1. The number of halogens is 1. The SMILES string of the molecule is Cc1cc(NC=C2C(=O)Nc3cccc(F)c32)ccc1N1CCC(c2ccccn2)C1. The number of nitrogens with zero attached hydrogens (tertiary/aromatic N) is 2. The van der Waals surface area contributed by atoms with Gasteiger partial charge >= 0.3 is 0 Å². The first kappa shape index (κ1) is 19.3. The van der Waals surface area contributed by atoms with E-state index in [9.17, 15) is 9.18 Å². The summed E-state index contributed by atoms with van der Waals surface area (Å²) in [5, 5.41) is 5.86. The summed E-state index contributed by atoms with van der Waals surface area (Å²) in [6.07, 6.45) is 4.52. The molecule has 0 aliphatic carbocycles. The van der Waals surface area contributed by atoms with Crippen molar-refractivity contribution in [2.75, 3.05) is 28.6 Å². The average Bonchev–Trinajstić information content (AvgIpc) is 3.38. The molecule has 0 bridgehead atoms. The molecule has 1 atom stereocenters. The van der Waals surface area contributed by atoms with Gasteiger partial charge in [-0.25, -0.2) is 4.39 Å². The molecule has 5 rings (SSSR count). The number of anilines is 3. The molecule has 2 aromatic carbocycles. The first-order valence-corrected chi connectivity index (χ1v) is 10.4. The lowest BCUT2D eigenvalue weighted by Gasteiger charge is -2.21. The third-order valence-corrected chi connectivity index (χ3v) is 5.99. The molecule has 1 amide bonds. The van der Waals surface area contributed by atoms with E-state index in [4.69, 9.17) is 0 Å². The smallest absolute Gasteiger partial charge is 0.257 e. The Hall–Kier alpha value is -3.67. The largest absolute Gasteiger partial charge is 0.371 e. The minimum absolute atomic E-state index is 0.299. The summed E-state index contributed by atoms with van der Waals surface area (Å²) in [4.78, 5) is 19.2. The lowest BCUT2D eigenvalue weighted by atomic mass is 10.0. The Morgan fingerprint density at radius 3 is 2.90 bits per heavy atom. The van der Waals surface area contributed by atoms with Crippen LogP contribution in [0.2, 0.25) is 0 Å². The molecule has 1 saturated heterocycles. The molecule has 0 saturated carbocycles. The molecule has 0 spiro atoms. The van der Waals surface area contributed by atoms with Crippen LogP contribution in [0.1, 0.15) is 29.2 Å². The number of carbonyl (C=O) groups is 1. The van der Waals surface area contributed by atoms with Gasteiger partial charge in [-0.2, -0.15) is 0 Å². The van der Waals surface area contributed by atoms with E-state index in [2.05, 4.69) is 45.6 Å². The Balaban J connectivity index is 1.32. The Morgan fingerprint density at radius 1 is 1.19 bits per heavy atom. The number of hydrogen-bond acceptors (Lipinski definition) is 4. The highest BCUT2D eigenvalue weighted by molar-refractivity contribution is 6.31. The molecule has 1 unspecified atom stereocenters. The van der Waals surface area contributed by atoms with Crippen LogP contribution >= 0.6 is 0 Å². The van der Waals surface area contributed by atoms with Crippen molar-refractivity contribution in [2.45, 2.75) is 19.3 Å². The van der Waals surface area contributed by atoms with Crippen LogP contribution in [-0.4, -0.2) is 24.0 Å². The predicted octanol–water partition coefficient (Wildman–Crippen LogP) is 4.93. The molecular weight excluding hydrogens is 391 g/mol. The van der Waals surface area contributed by atoms with Gasteiger partial charge < -0.3 is 15.5 Å². The number of aromatic nitrogens is 1. The maximum absolute atomic E-state index is 14.2. The molecule has 0 radical (unpaired) electrons. The predicted molar refractivity (Wildman–Crippen MR) is 122 cm³/mol. The van der Waals surface area contributed by atoms with Crippen molar-refractivity contribution in [3.63, 3.8) is 0 Å². The minimum atomic E-state index is -0.410. The Bertz CT molecular complexity index is 1180. The van der Waals surface area contributed by atoms with Gasteiger partial charge in [0.25, 0.3) is 5.91 Å². The van der Waals surface area contributed by atoms with Gasteiger partial charge in [0.05, 0.1) is 11.3 Å². The monoisotopic (exact) mass is 414 g/mol. The summed E-state index contributed by atoms with van der Waals surface area (Å²) in [5.41, 5.74) is 5.46. The first-order chi connectivity index (χ1) is 15.1. The second kappa shape index (κ2) is 7.87. The van der Waals surface area contributed by atoms with Crippen LogP contribution in [0.3, 0.4) is 0 Å². The second-order valence-electron chi connectivity index (χ2n) is 8.01. The lowest BCUT2D eigenvalue weighted by molar-refractivity contribution is -0.110. The Morgan fingerprint density at radius 2 is 2.10 bits per heavy atom. The second-order valence-corrected chi connectivity index (χ2v) is 8.01. The number of hydrogen-bond donors (Lipinski definition) is 2. The van der Waals surface area contributed by atoms with Crippen LogP contribution in [0.25, 0.3) is 5.57 Å². The minimum Gasteiger partial charge on any atom is -0.371 e. The molecule has 31 heavy (non-hydrogen) atoms. The van der Waals surface area contributed by atoms with E-state index in [1.807, 2.05) is 24.4 Å². The summed E-state index contributed by atoms with van der Waals surface area (Å²) >= 11 is 0. The van der Waals surface area contributed by atoms with E-state index in [-0.39, 0.29) is 5.91 Å². The zero-order valence-electron chi connectivity index (χ0n) is 17.2. The van der Waals surface area contributed by atoms with Crippen molar-refractivity contribution in [1.29, 1.82) is 0 Å². The third-order valence-electron chi connectivity index (χ3n) is 5.99. The van der Waals surface area contributed by atoms with Gasteiger partial charge in [-0.15, -0.1) is 0 Å². The maximum atomic E-state index is 14.2. The molecule has 6 heteroatoms. The topological polar surface area (TPSA) is 57.3 Å². The van der Waals surface area contributed by atoms with Crippen LogP contribution in [0.4, 0.5) is 21.5 Å². The van der Waals surface area contributed by atoms with Crippen LogP contribution < -0.4 is 15.5 Å². The van der Waals surface area contributed by atoms with Gasteiger partial charge in [0.15, 0.2) is 0 Å². The number of rotatable bonds is 4. The lowest BCUT2D eigenvalue weighted by Crippen LogP contribution is -2.20. The van der Waals surface area contributed by atoms with Gasteiger partial charge in [-0.05, 0) is 61.4 Å². The van der Waals surface area contributed by atoms with Gasteiger partial charge in [-0.1, -0.05) is 12.1 Å². The van der Waals surface area contributed by atoms with Gasteiger partial charge in [-0.3, -0.25) is 9.78 Å². The summed E-state index contributed by atoms with van der Waals surface area (Å²) in [6.45, 7) is 4.03.